The van der Waals surface area contributed by atoms with Crippen LogP contribution in [0.3, 0.4) is 0 Å². The Balaban J connectivity index is -0.000000605. The number of hydrogen-bond acceptors (Lipinski definition) is 4. The maximum Gasteiger partial charge on any atom is 1.00 e. The molecule has 0 spiro atoms. The van der Waals surface area contributed by atoms with Crippen LogP contribution >= 0.6 is 0 Å². The molecule has 0 bridgehead atoms. The summed E-state index contributed by atoms with van der Waals surface area (Å²) in [4.78, 5) is 0. The topological polar surface area (TPSA) is 72.8 Å². The van der Waals surface area contributed by atoms with Crippen molar-refractivity contribution in [1.29, 1.82) is 0 Å². The van der Waals surface area contributed by atoms with Gasteiger partial charge in [0.15, 0.2) is 0 Å². The summed E-state index contributed by atoms with van der Waals surface area (Å²) < 4.78 is 67.6. The van der Waals surface area contributed by atoms with Gasteiger partial charge in [-0.2, -0.15) is 8.42 Å². The van der Waals surface area contributed by atoms with Crippen LogP contribution in [0.1, 0.15) is 1.43 Å². The zero-order chi connectivity index (χ0) is 9.83. The standard InChI is InChI=1S/C3H5F3O5S.Li.H/c4-3(5,6)10-1-2-11-12(7,8)9;;/h1-2H2,(H,7,8,9);;/q;+1;-1. The van der Waals surface area contributed by atoms with Crippen molar-refractivity contribution in [2.75, 3.05) is 13.2 Å². The minimum absolute atomic E-state index is 0. The van der Waals surface area contributed by atoms with Crippen molar-refractivity contribution in [2.24, 2.45) is 0 Å². The second kappa shape index (κ2) is 5.85. The van der Waals surface area contributed by atoms with E-state index in [2.05, 4.69) is 8.92 Å². The van der Waals surface area contributed by atoms with Gasteiger partial charge < -0.3 is 1.43 Å². The number of ether oxygens (including phenoxy) is 1. The van der Waals surface area contributed by atoms with Crippen molar-refractivity contribution in [3.63, 3.8) is 0 Å². The molecule has 76 valence electrons. The average molecular weight is 218 g/mol. The largest absolute Gasteiger partial charge is 1.00 e. The van der Waals surface area contributed by atoms with Crippen LogP contribution in [0.25, 0.3) is 0 Å². The Kier molecular flexibility index (Phi) is 7.05. The van der Waals surface area contributed by atoms with Gasteiger partial charge in [0.25, 0.3) is 0 Å². The Morgan fingerprint density at radius 1 is 1.31 bits per heavy atom. The number of hydrogen-bond donors (Lipinski definition) is 1. The number of alkyl halides is 3. The van der Waals surface area contributed by atoms with Crippen molar-refractivity contribution in [2.45, 2.75) is 6.36 Å². The van der Waals surface area contributed by atoms with Gasteiger partial charge in [-0.05, 0) is 0 Å². The fraction of sp³-hybridized carbons (Fsp3) is 1.00. The molecule has 0 heterocycles. The van der Waals surface area contributed by atoms with Crippen molar-refractivity contribution in [3.05, 3.63) is 0 Å². The Bertz CT molecular complexity index is 229. The molecule has 0 aromatic rings. The quantitative estimate of drug-likeness (QED) is 0.319. The molecule has 0 radical (unpaired) electrons. The van der Waals surface area contributed by atoms with E-state index in [0.29, 0.717) is 0 Å². The van der Waals surface area contributed by atoms with Gasteiger partial charge in [0.05, 0.1) is 13.2 Å². The molecule has 0 aromatic heterocycles. The normalized spacial score (nSPS) is 12.3. The van der Waals surface area contributed by atoms with Gasteiger partial charge in [0, 0.05) is 0 Å². The van der Waals surface area contributed by atoms with E-state index in [0.717, 1.165) is 0 Å². The summed E-state index contributed by atoms with van der Waals surface area (Å²) in [6.45, 7) is -1.89. The molecule has 0 saturated heterocycles. The minimum Gasteiger partial charge on any atom is -1.00 e. The van der Waals surface area contributed by atoms with Crippen LogP contribution < -0.4 is 18.9 Å². The molecular formula is C3H6F3LiO5S. The predicted octanol–water partition coefficient (Wildman–Crippen LogP) is -2.54. The Morgan fingerprint density at radius 2 is 1.77 bits per heavy atom. The molecule has 0 atom stereocenters. The monoisotopic (exact) mass is 218 g/mol. The van der Waals surface area contributed by atoms with Crippen LogP contribution in [0, 0.1) is 0 Å². The van der Waals surface area contributed by atoms with Crippen molar-refractivity contribution >= 4 is 10.4 Å². The summed E-state index contributed by atoms with van der Waals surface area (Å²) in [6.07, 6.45) is -4.83. The second-order valence-corrected chi connectivity index (χ2v) is 2.64. The van der Waals surface area contributed by atoms with Gasteiger partial charge >= 0.3 is 35.6 Å². The molecule has 13 heavy (non-hydrogen) atoms. The summed E-state index contributed by atoms with van der Waals surface area (Å²) in [5, 5.41) is 0. The first-order valence-electron chi connectivity index (χ1n) is 2.53. The van der Waals surface area contributed by atoms with Gasteiger partial charge in [0.1, 0.15) is 0 Å². The molecular weight excluding hydrogens is 212 g/mol. The van der Waals surface area contributed by atoms with E-state index >= 15 is 0 Å². The summed E-state index contributed by atoms with van der Waals surface area (Å²) in [5.74, 6) is 0. The third-order valence-corrected chi connectivity index (χ3v) is 1.05. The summed E-state index contributed by atoms with van der Waals surface area (Å²) in [5.41, 5.74) is 0. The van der Waals surface area contributed by atoms with Gasteiger partial charge in [-0.1, -0.05) is 0 Å². The first-order valence-corrected chi connectivity index (χ1v) is 3.90. The average Bonchev–Trinajstić information content (AvgIpc) is 1.76. The summed E-state index contributed by atoms with van der Waals surface area (Å²) >= 11 is 0. The molecule has 0 aromatic carbocycles. The Labute approximate surface area is 85.8 Å². The SMILES string of the molecule is O=S(=O)(O)OCCOC(F)(F)F.[H-].[Li+]. The van der Waals surface area contributed by atoms with Gasteiger partial charge in [0.2, 0.25) is 0 Å². The van der Waals surface area contributed by atoms with Crippen LogP contribution in [0.4, 0.5) is 13.2 Å². The number of rotatable bonds is 4. The minimum atomic E-state index is -4.83. The van der Waals surface area contributed by atoms with Gasteiger partial charge in [-0.3, -0.25) is 9.29 Å². The van der Waals surface area contributed by atoms with Gasteiger partial charge in [-0.15, -0.1) is 13.2 Å². The van der Waals surface area contributed by atoms with Crippen molar-refractivity contribution in [3.8, 4) is 0 Å². The molecule has 0 aliphatic heterocycles. The zero-order valence-electron chi connectivity index (χ0n) is 7.54. The second-order valence-electron chi connectivity index (χ2n) is 1.54. The molecule has 5 nitrogen and oxygen atoms in total. The van der Waals surface area contributed by atoms with Crippen LogP contribution in [-0.2, 0) is 19.3 Å². The predicted molar refractivity (Wildman–Crippen MR) is 30.6 cm³/mol. The molecule has 0 aliphatic rings. The maximum atomic E-state index is 11.2. The molecule has 0 saturated carbocycles. The van der Waals surface area contributed by atoms with E-state index in [4.69, 9.17) is 4.55 Å². The zero-order valence-corrected chi connectivity index (χ0v) is 7.35. The van der Waals surface area contributed by atoms with Crippen LogP contribution in [0.5, 0.6) is 0 Å². The van der Waals surface area contributed by atoms with Crippen LogP contribution in [-0.4, -0.2) is 32.5 Å². The smallest absolute Gasteiger partial charge is 1.00 e. The summed E-state index contributed by atoms with van der Waals surface area (Å²) in [7, 11) is -4.69. The molecule has 0 aliphatic carbocycles. The van der Waals surface area contributed by atoms with E-state index < -0.39 is 30.0 Å². The third kappa shape index (κ3) is 15.0. The van der Waals surface area contributed by atoms with E-state index in [1.54, 1.807) is 0 Å². The van der Waals surface area contributed by atoms with E-state index in [1.807, 2.05) is 0 Å². The van der Waals surface area contributed by atoms with Crippen molar-refractivity contribution in [1.82, 2.24) is 0 Å². The fourth-order valence-corrected chi connectivity index (χ4v) is 0.575. The third-order valence-electron chi connectivity index (χ3n) is 0.581. The molecule has 0 fully saturated rings. The molecule has 0 amide bonds. The fourth-order valence-electron chi connectivity index (χ4n) is 0.297. The van der Waals surface area contributed by atoms with Crippen molar-refractivity contribution < 1.29 is 55.3 Å². The van der Waals surface area contributed by atoms with Crippen LogP contribution in [0.2, 0.25) is 0 Å². The molecule has 0 rings (SSSR count). The van der Waals surface area contributed by atoms with E-state index in [-0.39, 0.29) is 20.3 Å². The Hall–Kier alpha value is 0.217. The molecule has 1 N–H and O–H groups in total. The number of halogens is 3. The summed E-state index contributed by atoms with van der Waals surface area (Å²) in [6, 6.07) is 0. The molecule has 10 heteroatoms. The Morgan fingerprint density at radius 3 is 2.08 bits per heavy atom. The molecule has 0 unspecified atom stereocenters. The first-order chi connectivity index (χ1) is 5.21. The van der Waals surface area contributed by atoms with Crippen LogP contribution in [0.15, 0.2) is 0 Å². The maximum absolute atomic E-state index is 11.2. The van der Waals surface area contributed by atoms with E-state index in [1.165, 1.54) is 0 Å². The van der Waals surface area contributed by atoms with E-state index in [9.17, 15) is 21.6 Å². The van der Waals surface area contributed by atoms with Gasteiger partial charge in [-0.25, -0.2) is 4.18 Å². The first kappa shape index (κ1) is 15.7.